The zero-order valence-corrected chi connectivity index (χ0v) is 17.7. The summed E-state index contributed by atoms with van der Waals surface area (Å²) in [7, 11) is 2.89. The number of amides is 1. The van der Waals surface area contributed by atoms with Gasteiger partial charge in [0.15, 0.2) is 34.7 Å². The van der Waals surface area contributed by atoms with Gasteiger partial charge in [-0.2, -0.15) is 0 Å². The van der Waals surface area contributed by atoms with E-state index in [2.05, 4.69) is 0 Å². The minimum Gasteiger partial charge on any atom is -0.507 e. The minimum atomic E-state index is -2.97. The van der Waals surface area contributed by atoms with Crippen molar-refractivity contribution in [3.8, 4) is 5.75 Å². The van der Waals surface area contributed by atoms with Gasteiger partial charge >= 0.3 is 0 Å². The molecule has 4 rings (SSSR count). The van der Waals surface area contributed by atoms with E-state index < -0.39 is 76.4 Å². The maximum absolute atomic E-state index is 13.6. The van der Waals surface area contributed by atoms with Gasteiger partial charge in [0.05, 0.1) is 29.5 Å². The molecule has 0 unspecified atom stereocenters. The molecule has 2 saturated carbocycles. The number of nitrogens with zero attached hydrogens (tertiary/aromatic N) is 1. The maximum atomic E-state index is 13.6. The molecule has 0 aliphatic heterocycles. The molecule has 0 aromatic heterocycles. The zero-order chi connectivity index (χ0) is 23.9. The third kappa shape index (κ3) is 2.54. The van der Waals surface area contributed by atoms with Gasteiger partial charge in [-0.1, -0.05) is 19.1 Å². The summed E-state index contributed by atoms with van der Waals surface area (Å²) >= 11 is 0. The number of benzene rings is 1. The van der Waals surface area contributed by atoms with E-state index >= 15 is 0 Å². The number of phenolic OH excluding ortho intramolecular Hbond substituents is 1. The Bertz CT molecular complexity index is 1080. The van der Waals surface area contributed by atoms with Gasteiger partial charge < -0.3 is 21.1 Å². The molecule has 2 fully saturated rings. The van der Waals surface area contributed by atoms with E-state index in [9.17, 15) is 39.3 Å². The summed E-state index contributed by atoms with van der Waals surface area (Å²) < 4.78 is 0. The van der Waals surface area contributed by atoms with Crippen LogP contribution in [0.25, 0.3) is 0 Å². The van der Waals surface area contributed by atoms with Crippen LogP contribution in [-0.4, -0.2) is 81.1 Å². The van der Waals surface area contributed by atoms with Crippen molar-refractivity contribution >= 4 is 29.0 Å². The standard InChI is InChI=1S/C22H24N2O8/c1-7-8-5-4-6-9(25)11(8)16(26)12-10(7)17(27)14-15(24(2)3)18(28)13(21(23)31)20(30)22(14,32)19(12)29/h4-7,10,12-15,17,25,27,32H,1-3H3,(H2,23,31)/t7-,10+,12+,13-,14+,15-,17-,22-/m0/s1. The molecule has 5 N–H and O–H groups in total. The minimum absolute atomic E-state index is 0.112. The van der Waals surface area contributed by atoms with Gasteiger partial charge in [0, 0.05) is 5.92 Å². The molecular formula is C22H24N2O8. The molecule has 0 bridgehead atoms. The first-order valence-electron chi connectivity index (χ1n) is 10.2. The lowest BCUT2D eigenvalue weighted by Gasteiger charge is -2.55. The van der Waals surface area contributed by atoms with Crippen molar-refractivity contribution < 1.29 is 39.3 Å². The molecule has 1 amide bonds. The topological polar surface area (TPSA) is 175 Å². The molecule has 3 aliphatic carbocycles. The average Bonchev–Trinajstić information content (AvgIpc) is 2.70. The largest absolute Gasteiger partial charge is 0.507 e. The van der Waals surface area contributed by atoms with Crippen molar-refractivity contribution in [1.29, 1.82) is 0 Å². The number of carbonyl (C=O) groups excluding carboxylic acids is 5. The first-order valence-corrected chi connectivity index (χ1v) is 10.2. The highest BCUT2D eigenvalue weighted by molar-refractivity contribution is 6.32. The number of phenols is 1. The summed E-state index contributed by atoms with van der Waals surface area (Å²) in [6, 6.07) is 3.03. The van der Waals surface area contributed by atoms with Gasteiger partial charge in [-0.15, -0.1) is 0 Å². The Labute approximate surface area is 183 Å². The van der Waals surface area contributed by atoms with Gasteiger partial charge in [-0.3, -0.25) is 28.9 Å². The van der Waals surface area contributed by atoms with Gasteiger partial charge in [0.25, 0.3) is 0 Å². The molecule has 1 aromatic carbocycles. The number of hydrogen-bond acceptors (Lipinski definition) is 9. The zero-order valence-electron chi connectivity index (χ0n) is 17.7. The molecule has 0 saturated heterocycles. The Balaban J connectivity index is 1.96. The number of aromatic hydroxyl groups is 1. The normalized spacial score (nSPS) is 38.9. The number of ketones is 4. The van der Waals surface area contributed by atoms with Crippen LogP contribution in [0, 0.1) is 23.7 Å². The average molecular weight is 444 g/mol. The number of hydrogen-bond donors (Lipinski definition) is 4. The molecule has 0 spiro atoms. The summed E-state index contributed by atoms with van der Waals surface area (Å²) in [5.74, 6) is -13.1. The van der Waals surface area contributed by atoms with E-state index in [1.54, 1.807) is 13.0 Å². The number of Topliss-reactive ketones (excluding diaryl/α,β-unsaturated/α-hetero) is 4. The molecule has 0 radical (unpaired) electrons. The van der Waals surface area contributed by atoms with Crippen molar-refractivity contribution in [3.05, 3.63) is 29.3 Å². The summed E-state index contributed by atoms with van der Waals surface area (Å²) in [5, 5.41) is 33.1. The fourth-order valence-electron chi connectivity index (χ4n) is 5.95. The second kappa shape index (κ2) is 7.03. The van der Waals surface area contributed by atoms with Crippen LogP contribution in [-0.2, 0) is 19.2 Å². The number of primary amides is 1. The quantitative estimate of drug-likeness (QED) is 0.391. The molecule has 0 heterocycles. The lowest BCUT2D eigenvalue weighted by Crippen LogP contribution is -2.77. The molecule has 3 aliphatic rings. The SMILES string of the molecule is C[C@H]1c2cccc(O)c2C(=O)[C@@H]2C(=O)[C@]3(O)C(=O)[C@@H](C(N)=O)C(=O)[C@@H](N(C)C)[C@@H]3[C@@H](O)[C@@H]21. The van der Waals surface area contributed by atoms with Crippen LogP contribution in [0.2, 0.25) is 0 Å². The first-order chi connectivity index (χ1) is 14.9. The van der Waals surface area contributed by atoms with Crippen molar-refractivity contribution in [2.75, 3.05) is 14.1 Å². The lowest BCUT2D eigenvalue weighted by molar-refractivity contribution is -0.196. The van der Waals surface area contributed by atoms with Gasteiger partial charge in [0.1, 0.15) is 5.75 Å². The Morgan fingerprint density at radius 2 is 1.75 bits per heavy atom. The van der Waals surface area contributed by atoms with Crippen LogP contribution >= 0.6 is 0 Å². The smallest absolute Gasteiger partial charge is 0.235 e. The second-order valence-electron chi connectivity index (χ2n) is 9.11. The number of fused-ring (bicyclic) bond motifs is 3. The first kappa shape index (κ1) is 22.3. The second-order valence-corrected chi connectivity index (χ2v) is 9.11. The van der Waals surface area contributed by atoms with Crippen LogP contribution in [0.5, 0.6) is 5.75 Å². The number of aliphatic hydroxyl groups excluding tert-OH is 1. The van der Waals surface area contributed by atoms with E-state index in [0.29, 0.717) is 5.56 Å². The van der Waals surface area contributed by atoms with Crippen LogP contribution in [0.1, 0.15) is 28.8 Å². The van der Waals surface area contributed by atoms with Crippen molar-refractivity contribution in [2.45, 2.75) is 30.6 Å². The molecule has 10 heteroatoms. The maximum Gasteiger partial charge on any atom is 0.235 e. The summed E-state index contributed by atoms with van der Waals surface area (Å²) in [5.41, 5.74) is 2.58. The van der Waals surface area contributed by atoms with Gasteiger partial charge in [-0.25, -0.2) is 0 Å². The monoisotopic (exact) mass is 444 g/mol. The molecule has 32 heavy (non-hydrogen) atoms. The fraction of sp³-hybridized carbons (Fsp3) is 0.500. The molecular weight excluding hydrogens is 420 g/mol. The van der Waals surface area contributed by atoms with E-state index in [-0.39, 0.29) is 11.3 Å². The summed E-state index contributed by atoms with van der Waals surface area (Å²) in [4.78, 5) is 66.3. The van der Waals surface area contributed by atoms with Crippen molar-refractivity contribution in [1.82, 2.24) is 4.90 Å². The van der Waals surface area contributed by atoms with Crippen LogP contribution in [0.4, 0.5) is 0 Å². The number of nitrogens with two attached hydrogens (primary N) is 1. The Morgan fingerprint density at radius 3 is 2.31 bits per heavy atom. The summed E-state index contributed by atoms with van der Waals surface area (Å²) in [6.07, 6.45) is -1.62. The molecule has 8 atom stereocenters. The number of rotatable bonds is 2. The number of aliphatic hydroxyl groups is 2. The van der Waals surface area contributed by atoms with E-state index in [0.717, 1.165) is 0 Å². The third-order valence-electron chi connectivity index (χ3n) is 7.35. The molecule has 1 aromatic rings. The third-order valence-corrected chi connectivity index (χ3v) is 7.35. The van der Waals surface area contributed by atoms with E-state index in [1.165, 1.54) is 31.1 Å². The van der Waals surface area contributed by atoms with Crippen LogP contribution < -0.4 is 5.73 Å². The molecule has 170 valence electrons. The van der Waals surface area contributed by atoms with Crippen molar-refractivity contribution in [3.63, 3.8) is 0 Å². The number of likely N-dealkylation sites (N-methyl/N-ethyl adjacent to an activating group) is 1. The molecule has 10 nitrogen and oxygen atoms in total. The van der Waals surface area contributed by atoms with Gasteiger partial charge in [0.2, 0.25) is 5.91 Å². The highest BCUT2D eigenvalue weighted by atomic mass is 16.3. The number of carbonyl (C=O) groups is 5. The Hall–Kier alpha value is -2.95. The van der Waals surface area contributed by atoms with Crippen molar-refractivity contribution in [2.24, 2.45) is 29.4 Å². The highest BCUT2D eigenvalue weighted by Gasteiger charge is 2.72. The lowest BCUT2D eigenvalue weighted by atomic mass is 9.49. The van der Waals surface area contributed by atoms with Crippen LogP contribution in [0.15, 0.2) is 18.2 Å². The van der Waals surface area contributed by atoms with E-state index in [4.69, 9.17) is 5.73 Å². The fourth-order valence-corrected chi connectivity index (χ4v) is 5.95. The highest BCUT2D eigenvalue weighted by Crippen LogP contribution is 2.54. The van der Waals surface area contributed by atoms with E-state index in [1.807, 2.05) is 0 Å². The summed E-state index contributed by atoms with van der Waals surface area (Å²) in [6.45, 7) is 1.66. The Kier molecular flexibility index (Phi) is 4.89. The predicted molar refractivity (Wildman–Crippen MR) is 107 cm³/mol. The van der Waals surface area contributed by atoms with Gasteiger partial charge in [-0.05, 0) is 31.6 Å². The predicted octanol–water partition coefficient (Wildman–Crippen LogP) is -1.60. The van der Waals surface area contributed by atoms with Crippen LogP contribution in [0.3, 0.4) is 0 Å². The Morgan fingerprint density at radius 1 is 1.12 bits per heavy atom.